The molecule has 3 heterocycles. The topological polar surface area (TPSA) is 231 Å². The van der Waals surface area contributed by atoms with Crippen LogP contribution in [-0.4, -0.2) is 87.3 Å². The Balaban J connectivity index is 1.05. The molecule has 0 aliphatic carbocycles. The van der Waals surface area contributed by atoms with Crippen molar-refractivity contribution < 1.29 is 62.4 Å². The number of esters is 3. The van der Waals surface area contributed by atoms with Gasteiger partial charge in [-0.15, -0.1) is 23.1 Å². The molecule has 2 aliphatic rings. The zero-order valence-electron chi connectivity index (χ0n) is 45.3. The van der Waals surface area contributed by atoms with Crippen molar-refractivity contribution in [1.29, 1.82) is 0 Å². The number of aromatic nitrogens is 1. The number of aliphatic carboxylic acids is 1. The summed E-state index contributed by atoms with van der Waals surface area (Å²) in [4.78, 5) is 94.4. The maximum Gasteiger partial charge on any atom is 0.355 e. The summed E-state index contributed by atoms with van der Waals surface area (Å²) in [5.41, 5.74) is 2.20. The molecule has 1 fully saturated rings. The summed E-state index contributed by atoms with van der Waals surface area (Å²) in [6.07, 6.45) is -2.85. The number of fused-ring (bicyclic) bond motifs is 1. The number of thioether (sulfide) groups is 1. The lowest BCUT2D eigenvalue weighted by Crippen LogP contribution is -2.71. The second kappa shape index (κ2) is 25.8. The van der Waals surface area contributed by atoms with Crippen LogP contribution in [0.25, 0.3) is 0 Å². The number of nitrogens with zero attached hydrogens (tertiary/aromatic N) is 3. The number of thiazole rings is 1. The van der Waals surface area contributed by atoms with Gasteiger partial charge in [-0.25, -0.2) is 14.6 Å². The molecule has 1 saturated heterocycles. The fourth-order valence-electron chi connectivity index (χ4n) is 9.70. The molecular weight excluding hydrogens is 1110 g/mol. The number of methoxy groups -OCH3 is 1. The second-order valence-corrected chi connectivity index (χ2v) is 21.0. The van der Waals surface area contributed by atoms with E-state index in [0.29, 0.717) is 33.3 Å². The second-order valence-electron chi connectivity index (χ2n) is 19.1. The predicted molar refractivity (Wildman–Crippen MR) is 313 cm³/mol. The van der Waals surface area contributed by atoms with Gasteiger partial charge in [0.2, 0.25) is 6.10 Å². The molecule has 3 atom stereocenters. The molecule has 0 unspecified atom stereocenters. The van der Waals surface area contributed by atoms with E-state index in [9.17, 15) is 24.3 Å². The number of ether oxygens (including phenoxy) is 5. The minimum absolute atomic E-state index is 0.0160. The van der Waals surface area contributed by atoms with Crippen LogP contribution in [0.15, 0.2) is 216 Å². The van der Waals surface area contributed by atoms with Gasteiger partial charge in [0.1, 0.15) is 46.5 Å². The number of carboxylic acids is 1. The molecule has 20 heteroatoms. The summed E-state index contributed by atoms with van der Waals surface area (Å²) in [5, 5.41) is 22.4. The number of rotatable bonds is 22. The van der Waals surface area contributed by atoms with E-state index in [1.807, 2.05) is 103 Å². The Morgan fingerprint density at radius 2 is 1.24 bits per heavy atom. The highest BCUT2D eigenvalue weighted by atomic mass is 32.2. The van der Waals surface area contributed by atoms with E-state index in [-0.39, 0.29) is 40.8 Å². The van der Waals surface area contributed by atoms with Crippen molar-refractivity contribution in [2.75, 3.05) is 24.8 Å². The number of amides is 2. The number of hydrogen-bond acceptors (Lipinski definition) is 17. The number of carbonyl (C=O) groups is 6. The molecule has 10 rings (SSSR count). The van der Waals surface area contributed by atoms with Crippen molar-refractivity contribution in [1.82, 2.24) is 15.2 Å². The highest BCUT2D eigenvalue weighted by Gasteiger charge is 2.55. The van der Waals surface area contributed by atoms with Gasteiger partial charge in [0.15, 0.2) is 28.4 Å². The summed E-state index contributed by atoms with van der Waals surface area (Å²) in [6.45, 7) is 2.16. The van der Waals surface area contributed by atoms with Gasteiger partial charge in [0, 0.05) is 36.1 Å². The third-order valence-corrected chi connectivity index (χ3v) is 15.7. The number of β-lactam (4-membered cyclic amide) rings is 1. The zero-order valence-corrected chi connectivity index (χ0v) is 46.9. The Hall–Kier alpha value is -10.1. The highest BCUT2D eigenvalue weighted by Crippen LogP contribution is 2.43. The number of carboxylic acid groups (broad SMARTS) is 1. The normalized spacial score (nSPS) is 15.2. The maximum atomic E-state index is 15.2. The lowest BCUT2D eigenvalue weighted by Gasteiger charge is -2.49. The number of hydrogen-bond donors (Lipinski definition) is 3. The van der Waals surface area contributed by atoms with Crippen molar-refractivity contribution in [2.45, 2.75) is 43.0 Å². The Morgan fingerprint density at radius 3 is 1.77 bits per heavy atom. The largest absolute Gasteiger partial charge is 0.497 e. The van der Waals surface area contributed by atoms with Crippen LogP contribution in [0, 0.1) is 0 Å². The molecule has 0 bridgehead atoms. The number of oxime groups is 1. The average molecular weight is 1160 g/mol. The van der Waals surface area contributed by atoms with Crippen molar-refractivity contribution in [3.63, 3.8) is 0 Å². The van der Waals surface area contributed by atoms with Gasteiger partial charge < -0.3 is 44.3 Å². The molecular formula is C64H53N5O13S2. The summed E-state index contributed by atoms with van der Waals surface area (Å²) in [6, 6.07) is 56.6. The van der Waals surface area contributed by atoms with Crippen molar-refractivity contribution in [3.8, 4) is 23.0 Å². The molecule has 84 heavy (non-hydrogen) atoms. The van der Waals surface area contributed by atoms with E-state index >= 15 is 9.59 Å². The van der Waals surface area contributed by atoms with Gasteiger partial charge in [-0.2, -0.15) is 0 Å². The van der Waals surface area contributed by atoms with Crippen LogP contribution in [0.4, 0.5) is 5.13 Å². The standard InChI is InChI=1S/C64H53N5O13S2/c1-39(70)79-51-34-29-43(35-52(51)80-40(2)71)57(62(76)81-56(41-19-9-4-10-20-41)42-21-11-5-12-22-42)82-68-53(58(72)66-54-59(73)69-55(61(74)75)44(37-83-60(54)69)36-78-49-32-30-48(77-3)31-33-49)50-38-84-63(65-50)67-64(45-23-13-6-14-24-45,46-25-15-7-16-26-46)47-27-17-8-18-28-47/h4-35,38,54,56-57,60H,36-37H2,1-3H3,(H,65,67)(H,66,72)(H,74,75)/b68-53-/t54-,57+,60-/m0/s1. The van der Waals surface area contributed by atoms with E-state index in [0.717, 1.165) is 46.8 Å². The molecule has 0 saturated carbocycles. The quantitative estimate of drug-likeness (QED) is 0.0143. The Kier molecular flexibility index (Phi) is 17.6. The zero-order chi connectivity index (χ0) is 58.7. The lowest BCUT2D eigenvalue weighted by molar-refractivity contribution is -0.162. The third-order valence-electron chi connectivity index (χ3n) is 13.6. The van der Waals surface area contributed by atoms with E-state index < -0.39 is 70.6 Å². The summed E-state index contributed by atoms with van der Waals surface area (Å²) in [5.74, 6) is -4.80. The van der Waals surface area contributed by atoms with Crippen LogP contribution < -0.4 is 29.6 Å². The molecule has 7 aromatic carbocycles. The molecule has 0 radical (unpaired) electrons. The molecule has 0 spiro atoms. The summed E-state index contributed by atoms with van der Waals surface area (Å²) in [7, 11) is 1.53. The molecule has 3 N–H and O–H groups in total. The minimum Gasteiger partial charge on any atom is -0.497 e. The highest BCUT2D eigenvalue weighted by molar-refractivity contribution is 8.00. The minimum atomic E-state index is -1.85. The molecule has 1 aromatic heterocycles. The first kappa shape index (κ1) is 57.2. The van der Waals surface area contributed by atoms with E-state index in [1.54, 1.807) is 78.2 Å². The summed E-state index contributed by atoms with van der Waals surface area (Å²) < 4.78 is 28.3. The predicted octanol–water partition coefficient (Wildman–Crippen LogP) is 10.0. The Morgan fingerprint density at radius 1 is 0.702 bits per heavy atom. The first-order valence-electron chi connectivity index (χ1n) is 26.2. The van der Waals surface area contributed by atoms with Crippen molar-refractivity contribution >= 4 is 69.6 Å². The van der Waals surface area contributed by atoms with Gasteiger partial charge in [0.05, 0.1) is 7.11 Å². The van der Waals surface area contributed by atoms with Crippen LogP contribution in [0.2, 0.25) is 0 Å². The van der Waals surface area contributed by atoms with Crippen LogP contribution in [0.3, 0.4) is 0 Å². The number of carbonyl (C=O) groups excluding carboxylic acids is 5. The Labute approximate surface area is 490 Å². The first-order valence-corrected chi connectivity index (χ1v) is 28.2. The maximum absolute atomic E-state index is 15.2. The summed E-state index contributed by atoms with van der Waals surface area (Å²) >= 11 is 2.36. The monoisotopic (exact) mass is 1160 g/mol. The van der Waals surface area contributed by atoms with Gasteiger partial charge in [-0.1, -0.05) is 163 Å². The van der Waals surface area contributed by atoms with E-state index in [4.69, 9.17) is 33.5 Å². The fourth-order valence-corrected chi connectivity index (χ4v) is 11.8. The molecule has 2 amide bonds. The molecule has 18 nitrogen and oxygen atoms in total. The van der Waals surface area contributed by atoms with Gasteiger partial charge in [-0.3, -0.25) is 24.1 Å². The Bertz CT molecular complexity index is 3620. The first-order chi connectivity index (χ1) is 40.8. The number of benzene rings is 7. The smallest absolute Gasteiger partial charge is 0.355 e. The van der Waals surface area contributed by atoms with Crippen LogP contribution >= 0.6 is 23.1 Å². The third kappa shape index (κ3) is 12.5. The molecule has 424 valence electrons. The lowest BCUT2D eigenvalue weighted by atomic mass is 9.77. The van der Waals surface area contributed by atoms with Gasteiger partial charge in [0.25, 0.3) is 11.8 Å². The van der Waals surface area contributed by atoms with Crippen molar-refractivity contribution in [2.24, 2.45) is 5.16 Å². The van der Waals surface area contributed by atoms with Gasteiger partial charge >= 0.3 is 23.9 Å². The van der Waals surface area contributed by atoms with Crippen LogP contribution in [0.1, 0.15) is 65.1 Å². The SMILES string of the molecule is COc1ccc(OCC2=C(C(=O)O)N3C(=O)[C@H](NC(=O)/C(=N\O[C@@H](C(=O)OC(c4ccccc4)c4ccccc4)c4ccc(OC(C)=O)c(OC(C)=O)c4)c4csc(NC(c5ccccc5)(c5ccccc5)c5ccccc5)n4)[C@@H]3SC2)cc1. The van der Waals surface area contributed by atoms with Crippen molar-refractivity contribution in [3.05, 3.63) is 250 Å². The van der Waals surface area contributed by atoms with Crippen LogP contribution in [-0.2, 0) is 43.9 Å². The number of nitrogens with one attached hydrogen (secondary N) is 2. The molecule has 8 aromatic rings. The fraction of sp³-hybridized carbons (Fsp3) is 0.156. The van der Waals surface area contributed by atoms with Gasteiger partial charge in [-0.05, 0) is 64.2 Å². The molecule has 2 aliphatic heterocycles. The average Bonchev–Trinajstić information content (AvgIpc) is 3.89. The number of anilines is 1. The van der Waals surface area contributed by atoms with E-state index in [1.165, 1.54) is 37.1 Å². The van der Waals surface area contributed by atoms with Crippen LogP contribution in [0.5, 0.6) is 23.0 Å². The van der Waals surface area contributed by atoms with E-state index in [2.05, 4.69) is 15.8 Å².